The van der Waals surface area contributed by atoms with E-state index < -0.39 is 0 Å². The summed E-state index contributed by atoms with van der Waals surface area (Å²) in [5.41, 5.74) is 3.24. The minimum absolute atomic E-state index is 0.0431. The zero-order valence-electron chi connectivity index (χ0n) is 19.4. The molecule has 2 aromatic carbocycles. The molecule has 1 aliphatic rings. The average molecular weight is 499 g/mol. The van der Waals surface area contributed by atoms with E-state index >= 15 is 0 Å². The Kier molecular flexibility index (Phi) is 6.94. The molecule has 1 saturated heterocycles. The van der Waals surface area contributed by atoms with Crippen molar-refractivity contribution >= 4 is 28.9 Å². The van der Waals surface area contributed by atoms with Crippen molar-refractivity contribution in [2.45, 2.75) is 13.1 Å². The second kappa shape index (κ2) is 10.6. The van der Waals surface area contributed by atoms with Crippen LogP contribution in [0.4, 0.5) is 11.4 Å². The Bertz CT molecular complexity index is 1420. The van der Waals surface area contributed by atoms with Gasteiger partial charge in [0, 0.05) is 49.3 Å². The maximum atomic E-state index is 12.8. The van der Waals surface area contributed by atoms with Crippen molar-refractivity contribution < 1.29 is 9.53 Å². The van der Waals surface area contributed by atoms with Crippen LogP contribution in [-0.4, -0.2) is 45.0 Å². The van der Waals surface area contributed by atoms with Gasteiger partial charge >= 0.3 is 0 Å². The molecule has 0 bridgehead atoms. The van der Waals surface area contributed by atoms with E-state index in [9.17, 15) is 4.79 Å². The van der Waals surface area contributed by atoms with Crippen molar-refractivity contribution in [1.29, 1.82) is 0 Å². The van der Waals surface area contributed by atoms with E-state index in [1.54, 1.807) is 47.9 Å². The van der Waals surface area contributed by atoms with Gasteiger partial charge in [-0.1, -0.05) is 29.8 Å². The smallest absolute Gasteiger partial charge is 0.241 e. The van der Waals surface area contributed by atoms with Crippen LogP contribution < -0.4 is 9.64 Å². The molecule has 180 valence electrons. The lowest BCUT2D eigenvalue weighted by Crippen LogP contribution is -2.50. The first-order valence-corrected chi connectivity index (χ1v) is 11.8. The summed E-state index contributed by atoms with van der Waals surface area (Å²) < 4.78 is 7.97. The van der Waals surface area contributed by atoms with Crippen LogP contribution in [0.5, 0.6) is 11.5 Å². The number of carbonyl (C=O) groups is 1. The molecule has 36 heavy (non-hydrogen) atoms. The van der Waals surface area contributed by atoms with Gasteiger partial charge in [-0.15, -0.1) is 0 Å². The fraction of sp³-hybridized carbons (Fsp3) is 0.185. The summed E-state index contributed by atoms with van der Waals surface area (Å²) in [6.45, 7) is 10.3. The van der Waals surface area contributed by atoms with Gasteiger partial charge in [-0.25, -0.2) is 9.83 Å². The third-order valence-electron chi connectivity index (χ3n) is 5.96. The zero-order valence-corrected chi connectivity index (χ0v) is 20.2. The maximum absolute atomic E-state index is 12.8. The van der Waals surface area contributed by atoms with E-state index in [1.807, 2.05) is 36.5 Å². The number of amides is 1. The monoisotopic (exact) mass is 498 g/mol. The van der Waals surface area contributed by atoms with Crippen LogP contribution in [0.2, 0.25) is 5.02 Å². The van der Waals surface area contributed by atoms with Crippen molar-refractivity contribution in [1.82, 2.24) is 19.4 Å². The third kappa shape index (κ3) is 5.38. The van der Waals surface area contributed by atoms with Gasteiger partial charge in [0.05, 0.1) is 31.3 Å². The van der Waals surface area contributed by atoms with E-state index in [1.165, 1.54) is 0 Å². The summed E-state index contributed by atoms with van der Waals surface area (Å²) in [7, 11) is 0. The summed E-state index contributed by atoms with van der Waals surface area (Å²) in [4.78, 5) is 28.7. The molecule has 2 aromatic heterocycles. The normalized spacial score (nSPS) is 14.0. The predicted molar refractivity (Wildman–Crippen MR) is 137 cm³/mol. The van der Waals surface area contributed by atoms with Gasteiger partial charge in [0.2, 0.25) is 11.6 Å². The molecule has 1 amide bonds. The first-order valence-electron chi connectivity index (χ1n) is 11.4. The SMILES string of the molecule is [C-]#[N+]c1ccc(Cn2cncc2CN2CCN(c3cccc(Cl)c3)C(=O)C2)cc1Oc1cccnc1. The molecule has 0 unspecified atom stereocenters. The number of anilines is 1. The van der Waals surface area contributed by atoms with Gasteiger partial charge in [-0.05, 0) is 42.0 Å². The van der Waals surface area contributed by atoms with E-state index in [-0.39, 0.29) is 5.91 Å². The van der Waals surface area contributed by atoms with E-state index in [2.05, 4.69) is 24.3 Å². The molecule has 1 aliphatic heterocycles. The highest BCUT2D eigenvalue weighted by Gasteiger charge is 2.26. The summed E-state index contributed by atoms with van der Waals surface area (Å²) in [5, 5.41) is 0.616. The minimum Gasteiger partial charge on any atom is -0.467 e. The molecule has 0 atom stereocenters. The number of aromatic nitrogens is 3. The Morgan fingerprint density at radius 1 is 1.03 bits per heavy atom. The summed E-state index contributed by atoms with van der Waals surface area (Å²) in [6.07, 6.45) is 6.89. The number of rotatable bonds is 7. The Labute approximate surface area is 214 Å². The number of pyridine rings is 1. The Balaban J connectivity index is 1.26. The molecule has 8 nitrogen and oxygen atoms in total. The van der Waals surface area contributed by atoms with Crippen LogP contribution in [-0.2, 0) is 17.9 Å². The van der Waals surface area contributed by atoms with Gasteiger partial charge in [0.1, 0.15) is 11.5 Å². The van der Waals surface area contributed by atoms with Gasteiger partial charge in [0.15, 0.2) is 0 Å². The molecule has 0 spiro atoms. The van der Waals surface area contributed by atoms with Crippen molar-refractivity contribution in [3.63, 3.8) is 0 Å². The van der Waals surface area contributed by atoms with Crippen LogP contribution in [0, 0.1) is 6.57 Å². The number of hydrogen-bond acceptors (Lipinski definition) is 5. The van der Waals surface area contributed by atoms with Gasteiger partial charge in [-0.2, -0.15) is 0 Å². The number of halogens is 1. The molecule has 5 rings (SSSR count). The Morgan fingerprint density at radius 3 is 2.72 bits per heavy atom. The first-order chi connectivity index (χ1) is 17.6. The molecule has 9 heteroatoms. The van der Waals surface area contributed by atoms with Gasteiger partial charge in [0.25, 0.3) is 0 Å². The quantitative estimate of drug-likeness (QED) is 0.329. The van der Waals surface area contributed by atoms with Crippen LogP contribution in [0.3, 0.4) is 0 Å². The first kappa shape index (κ1) is 23.5. The zero-order chi connectivity index (χ0) is 24.9. The highest BCUT2D eigenvalue weighted by atomic mass is 35.5. The van der Waals surface area contributed by atoms with Crippen LogP contribution in [0.15, 0.2) is 79.5 Å². The van der Waals surface area contributed by atoms with Crippen LogP contribution >= 0.6 is 11.6 Å². The van der Waals surface area contributed by atoms with Crippen LogP contribution in [0.1, 0.15) is 11.3 Å². The molecule has 0 saturated carbocycles. The number of carbonyl (C=O) groups excluding carboxylic acids is 1. The van der Waals surface area contributed by atoms with Crippen molar-refractivity contribution in [3.05, 3.63) is 107 Å². The lowest BCUT2D eigenvalue weighted by Gasteiger charge is -2.34. The van der Waals surface area contributed by atoms with Crippen LogP contribution in [0.25, 0.3) is 4.85 Å². The highest BCUT2D eigenvalue weighted by Crippen LogP contribution is 2.33. The highest BCUT2D eigenvalue weighted by molar-refractivity contribution is 6.30. The summed E-state index contributed by atoms with van der Waals surface area (Å²) in [5.74, 6) is 1.10. The molecule has 0 N–H and O–H groups in total. The number of nitrogens with zero attached hydrogens (tertiary/aromatic N) is 6. The lowest BCUT2D eigenvalue weighted by atomic mass is 10.2. The van der Waals surface area contributed by atoms with E-state index in [0.29, 0.717) is 48.4 Å². The van der Waals surface area contributed by atoms with Crippen molar-refractivity contribution in [3.8, 4) is 11.5 Å². The fourth-order valence-corrected chi connectivity index (χ4v) is 4.37. The predicted octanol–water partition coefficient (Wildman–Crippen LogP) is 5.17. The topological polar surface area (TPSA) is 67.9 Å². The number of ether oxygens (including phenoxy) is 1. The van der Waals surface area contributed by atoms with Crippen molar-refractivity contribution in [2.75, 3.05) is 24.5 Å². The molecule has 4 aromatic rings. The lowest BCUT2D eigenvalue weighted by molar-refractivity contribution is -0.121. The number of benzene rings is 2. The summed E-state index contributed by atoms with van der Waals surface area (Å²) >= 11 is 6.10. The van der Waals surface area contributed by atoms with Crippen molar-refractivity contribution in [2.24, 2.45) is 0 Å². The largest absolute Gasteiger partial charge is 0.467 e. The third-order valence-corrected chi connectivity index (χ3v) is 6.20. The molecule has 0 aliphatic carbocycles. The minimum atomic E-state index is 0.0431. The number of piperazine rings is 1. The van der Waals surface area contributed by atoms with Gasteiger partial charge in [-0.3, -0.25) is 14.7 Å². The molecular formula is C27H23ClN6O2. The summed E-state index contributed by atoms with van der Waals surface area (Å²) in [6, 6.07) is 16.5. The number of hydrogen-bond donors (Lipinski definition) is 0. The van der Waals surface area contributed by atoms with E-state index in [4.69, 9.17) is 22.9 Å². The maximum Gasteiger partial charge on any atom is 0.241 e. The molecule has 0 radical (unpaired) electrons. The fourth-order valence-electron chi connectivity index (χ4n) is 4.19. The Hall–Kier alpha value is -4.19. The van der Waals surface area contributed by atoms with Gasteiger partial charge < -0.3 is 14.2 Å². The number of imidazole rings is 1. The molecule has 3 heterocycles. The second-order valence-corrected chi connectivity index (χ2v) is 8.89. The van der Waals surface area contributed by atoms with E-state index in [0.717, 1.165) is 23.5 Å². The molecule has 1 fully saturated rings. The standard InChI is InChI=1S/C27H23ClN6O2/c1-29-25-8-7-20(12-26(25)36-24-6-3-9-30-15-24)16-33-19-31-14-23(33)17-32-10-11-34(27(35)18-32)22-5-2-4-21(28)13-22/h2-9,12-15,19H,10-11,16-18H2. The average Bonchev–Trinajstić information content (AvgIpc) is 3.31. The molecular weight excluding hydrogens is 476 g/mol. The Morgan fingerprint density at radius 2 is 1.94 bits per heavy atom. The second-order valence-electron chi connectivity index (χ2n) is 8.45.